The molecule has 1 N–H and O–H groups in total. The first-order chi connectivity index (χ1) is 12.8. The standard InChI is InChI=1S/C21H23NO3S/c1-2-20(21(23)22-11-13-26-15-19-8-5-12-24-19)25-18-10-9-16-6-3-4-7-17(16)14-18/h3-10,12,14,20H,2,11,13,15H2,1H3,(H,22,23)/t20-/m1/s1. The number of hydrogen-bond donors (Lipinski definition) is 1. The monoisotopic (exact) mass is 369 g/mol. The fraction of sp³-hybridized carbons (Fsp3) is 0.286. The van der Waals surface area contributed by atoms with Gasteiger partial charge in [-0.1, -0.05) is 37.3 Å². The average molecular weight is 369 g/mol. The third kappa shape index (κ3) is 5.05. The van der Waals surface area contributed by atoms with Crippen molar-refractivity contribution in [3.8, 4) is 5.75 Å². The molecule has 0 saturated carbocycles. The predicted molar refractivity (Wildman–Crippen MR) is 107 cm³/mol. The van der Waals surface area contributed by atoms with E-state index in [1.807, 2.05) is 55.5 Å². The van der Waals surface area contributed by atoms with E-state index in [-0.39, 0.29) is 5.91 Å². The average Bonchev–Trinajstić information content (AvgIpc) is 3.19. The minimum Gasteiger partial charge on any atom is -0.481 e. The molecule has 0 unspecified atom stereocenters. The van der Waals surface area contributed by atoms with E-state index in [1.54, 1.807) is 18.0 Å². The van der Waals surface area contributed by atoms with Crippen LogP contribution in [0.15, 0.2) is 65.3 Å². The molecule has 4 nitrogen and oxygen atoms in total. The van der Waals surface area contributed by atoms with Crippen LogP contribution in [0.2, 0.25) is 0 Å². The van der Waals surface area contributed by atoms with Crippen molar-refractivity contribution in [2.24, 2.45) is 0 Å². The first-order valence-electron chi connectivity index (χ1n) is 8.79. The van der Waals surface area contributed by atoms with Crippen LogP contribution in [0, 0.1) is 0 Å². The highest BCUT2D eigenvalue weighted by molar-refractivity contribution is 7.98. The normalized spacial score (nSPS) is 12.0. The van der Waals surface area contributed by atoms with Crippen LogP contribution in [0.25, 0.3) is 10.8 Å². The minimum atomic E-state index is -0.480. The number of hydrogen-bond acceptors (Lipinski definition) is 4. The molecule has 136 valence electrons. The molecule has 0 aliphatic heterocycles. The van der Waals surface area contributed by atoms with Crippen molar-refractivity contribution in [3.63, 3.8) is 0 Å². The Bertz CT molecular complexity index is 832. The highest BCUT2D eigenvalue weighted by Gasteiger charge is 2.18. The molecule has 0 saturated heterocycles. The zero-order valence-electron chi connectivity index (χ0n) is 14.8. The summed E-state index contributed by atoms with van der Waals surface area (Å²) in [6, 6.07) is 17.8. The van der Waals surface area contributed by atoms with Gasteiger partial charge in [-0.15, -0.1) is 0 Å². The molecule has 0 bridgehead atoms. The van der Waals surface area contributed by atoms with Crippen molar-refractivity contribution in [3.05, 3.63) is 66.6 Å². The van der Waals surface area contributed by atoms with Gasteiger partial charge in [0.25, 0.3) is 5.91 Å². The maximum atomic E-state index is 12.4. The van der Waals surface area contributed by atoms with Gasteiger partial charge in [0.2, 0.25) is 0 Å². The molecule has 0 fully saturated rings. The van der Waals surface area contributed by atoms with Gasteiger partial charge in [-0.2, -0.15) is 11.8 Å². The van der Waals surface area contributed by atoms with Crippen molar-refractivity contribution in [2.75, 3.05) is 12.3 Å². The van der Waals surface area contributed by atoms with E-state index in [0.717, 1.165) is 33.8 Å². The summed E-state index contributed by atoms with van der Waals surface area (Å²) in [5.41, 5.74) is 0. The Morgan fingerprint density at radius 1 is 1.15 bits per heavy atom. The number of carbonyl (C=O) groups is 1. The molecule has 1 heterocycles. The zero-order chi connectivity index (χ0) is 18.2. The Balaban J connectivity index is 1.46. The van der Waals surface area contributed by atoms with Gasteiger partial charge in [0, 0.05) is 12.3 Å². The number of fused-ring (bicyclic) bond motifs is 1. The van der Waals surface area contributed by atoms with Crippen LogP contribution in [0.5, 0.6) is 5.75 Å². The van der Waals surface area contributed by atoms with E-state index < -0.39 is 6.10 Å². The second-order valence-corrected chi connectivity index (χ2v) is 7.05. The smallest absolute Gasteiger partial charge is 0.261 e. The molecule has 2 aromatic carbocycles. The summed E-state index contributed by atoms with van der Waals surface area (Å²) in [5, 5.41) is 5.22. The molecule has 5 heteroatoms. The van der Waals surface area contributed by atoms with Crippen LogP contribution < -0.4 is 10.1 Å². The predicted octanol–water partition coefficient (Wildman–Crippen LogP) is 4.64. The zero-order valence-corrected chi connectivity index (χ0v) is 15.6. The van der Waals surface area contributed by atoms with Crippen molar-refractivity contribution in [2.45, 2.75) is 25.2 Å². The summed E-state index contributed by atoms with van der Waals surface area (Å²) in [6.07, 6.45) is 1.82. The molecule has 0 radical (unpaired) electrons. The topological polar surface area (TPSA) is 51.5 Å². The third-order valence-corrected chi connectivity index (χ3v) is 5.01. The lowest BCUT2D eigenvalue weighted by atomic mass is 10.1. The van der Waals surface area contributed by atoms with Gasteiger partial charge in [0.1, 0.15) is 11.5 Å². The van der Waals surface area contributed by atoms with Gasteiger partial charge in [0.05, 0.1) is 12.0 Å². The summed E-state index contributed by atoms with van der Waals surface area (Å²) >= 11 is 1.73. The van der Waals surface area contributed by atoms with E-state index in [9.17, 15) is 4.79 Å². The van der Waals surface area contributed by atoms with Crippen LogP contribution >= 0.6 is 11.8 Å². The van der Waals surface area contributed by atoms with Crippen molar-refractivity contribution >= 4 is 28.4 Å². The number of ether oxygens (including phenoxy) is 1. The van der Waals surface area contributed by atoms with Gasteiger partial charge in [-0.05, 0) is 41.5 Å². The molecule has 26 heavy (non-hydrogen) atoms. The van der Waals surface area contributed by atoms with Crippen molar-refractivity contribution in [1.82, 2.24) is 5.32 Å². The lowest BCUT2D eigenvalue weighted by Crippen LogP contribution is -2.39. The van der Waals surface area contributed by atoms with Crippen LogP contribution in [-0.4, -0.2) is 24.3 Å². The molecule has 0 spiro atoms. The fourth-order valence-corrected chi connectivity index (χ4v) is 3.41. The van der Waals surface area contributed by atoms with E-state index >= 15 is 0 Å². The van der Waals surface area contributed by atoms with Crippen LogP contribution in [0.4, 0.5) is 0 Å². The number of nitrogens with one attached hydrogen (secondary N) is 1. The number of thioether (sulfide) groups is 1. The van der Waals surface area contributed by atoms with Crippen molar-refractivity contribution in [1.29, 1.82) is 0 Å². The second kappa shape index (κ2) is 9.34. The molecule has 0 aliphatic carbocycles. The van der Waals surface area contributed by atoms with E-state index in [2.05, 4.69) is 11.4 Å². The van der Waals surface area contributed by atoms with Crippen molar-refractivity contribution < 1.29 is 13.9 Å². The molecule has 1 atom stereocenters. The molecule has 0 aliphatic rings. The summed E-state index contributed by atoms with van der Waals surface area (Å²) in [6.45, 7) is 2.57. The Morgan fingerprint density at radius 2 is 2.00 bits per heavy atom. The summed E-state index contributed by atoms with van der Waals surface area (Å²) in [7, 11) is 0. The molecule has 1 amide bonds. The molecule has 3 aromatic rings. The minimum absolute atomic E-state index is 0.0701. The van der Waals surface area contributed by atoms with Gasteiger partial charge in [0.15, 0.2) is 6.10 Å². The quantitative estimate of drug-likeness (QED) is 0.558. The number of furan rings is 1. The van der Waals surface area contributed by atoms with Crippen LogP contribution in [-0.2, 0) is 10.5 Å². The number of carbonyl (C=O) groups excluding carboxylic acids is 1. The van der Waals surface area contributed by atoms with E-state index in [1.165, 1.54) is 0 Å². The Kier molecular flexibility index (Phi) is 6.61. The van der Waals surface area contributed by atoms with Gasteiger partial charge in [-0.3, -0.25) is 4.79 Å². The fourth-order valence-electron chi connectivity index (χ4n) is 2.65. The summed E-state index contributed by atoms with van der Waals surface area (Å²) < 4.78 is 11.2. The highest BCUT2D eigenvalue weighted by atomic mass is 32.2. The highest BCUT2D eigenvalue weighted by Crippen LogP contribution is 2.22. The van der Waals surface area contributed by atoms with Crippen LogP contribution in [0.1, 0.15) is 19.1 Å². The van der Waals surface area contributed by atoms with E-state index in [0.29, 0.717) is 13.0 Å². The van der Waals surface area contributed by atoms with Gasteiger partial charge < -0.3 is 14.5 Å². The van der Waals surface area contributed by atoms with Gasteiger partial charge in [-0.25, -0.2) is 0 Å². The Hall–Kier alpha value is -2.40. The number of amides is 1. The van der Waals surface area contributed by atoms with Crippen LogP contribution in [0.3, 0.4) is 0 Å². The lowest BCUT2D eigenvalue weighted by molar-refractivity contribution is -0.127. The largest absolute Gasteiger partial charge is 0.481 e. The summed E-state index contributed by atoms with van der Waals surface area (Å²) in [4.78, 5) is 12.4. The summed E-state index contributed by atoms with van der Waals surface area (Å²) in [5.74, 6) is 3.25. The number of rotatable bonds is 9. The maximum Gasteiger partial charge on any atom is 0.261 e. The molecular weight excluding hydrogens is 346 g/mol. The maximum absolute atomic E-state index is 12.4. The first kappa shape index (κ1) is 18.4. The first-order valence-corrected chi connectivity index (χ1v) is 9.95. The van der Waals surface area contributed by atoms with E-state index in [4.69, 9.17) is 9.15 Å². The molecule has 3 rings (SSSR count). The Morgan fingerprint density at radius 3 is 2.77 bits per heavy atom. The van der Waals surface area contributed by atoms with Gasteiger partial charge >= 0.3 is 0 Å². The molecule has 1 aromatic heterocycles. The second-order valence-electron chi connectivity index (χ2n) is 5.95. The lowest BCUT2D eigenvalue weighted by Gasteiger charge is -2.17. The number of benzene rings is 2. The Labute approximate surface area is 157 Å². The third-order valence-electron chi connectivity index (χ3n) is 4.03. The molecular formula is C21H23NO3S. The SMILES string of the molecule is CC[C@@H](Oc1ccc2ccccc2c1)C(=O)NCCSCc1ccco1.